The summed E-state index contributed by atoms with van der Waals surface area (Å²) in [5, 5.41) is 22.0. The molecule has 112 valence electrons. The van der Waals surface area contributed by atoms with Crippen LogP contribution in [0.3, 0.4) is 0 Å². The summed E-state index contributed by atoms with van der Waals surface area (Å²) in [4.78, 5) is 11.9. The number of hydrogen-bond donors (Lipinski definition) is 4. The van der Waals surface area contributed by atoms with E-state index in [1.807, 2.05) is 13.8 Å². The molecule has 0 saturated carbocycles. The number of phenols is 1. The van der Waals surface area contributed by atoms with Crippen LogP contribution in [0.1, 0.15) is 32.3 Å². The van der Waals surface area contributed by atoms with Gasteiger partial charge in [-0.05, 0) is 37.0 Å². The Kier molecular flexibility index (Phi) is 5.98. The van der Waals surface area contributed by atoms with E-state index in [1.165, 1.54) is 0 Å². The van der Waals surface area contributed by atoms with Crippen LogP contribution < -0.4 is 11.1 Å². The first kappa shape index (κ1) is 16.5. The Morgan fingerprint density at radius 1 is 1.30 bits per heavy atom. The number of aliphatic hydroxyl groups is 1. The minimum absolute atomic E-state index is 0.183. The summed E-state index contributed by atoms with van der Waals surface area (Å²) in [6, 6.07) is 5.92. The Balaban J connectivity index is 2.49. The summed E-state index contributed by atoms with van der Waals surface area (Å²) in [6.45, 7) is 3.97. The zero-order valence-electron chi connectivity index (χ0n) is 12.1. The molecule has 0 aliphatic rings. The van der Waals surface area contributed by atoms with E-state index in [4.69, 9.17) is 5.73 Å². The average molecular weight is 280 g/mol. The van der Waals surface area contributed by atoms with Gasteiger partial charge in [-0.1, -0.05) is 26.0 Å². The van der Waals surface area contributed by atoms with Gasteiger partial charge < -0.3 is 21.3 Å². The highest BCUT2D eigenvalue weighted by molar-refractivity contribution is 5.81. The molecule has 0 spiro atoms. The van der Waals surface area contributed by atoms with E-state index in [0.717, 1.165) is 5.56 Å². The van der Waals surface area contributed by atoms with Crippen molar-refractivity contribution in [2.24, 2.45) is 5.73 Å². The molecule has 0 saturated heterocycles. The molecule has 0 radical (unpaired) electrons. The van der Waals surface area contributed by atoms with E-state index in [-0.39, 0.29) is 18.2 Å². The first-order valence-electron chi connectivity index (χ1n) is 6.93. The SMILES string of the molecule is CCC(O)(CC)CNC(=O)C(N)Cc1ccc(O)cc1. The number of carbonyl (C=O) groups is 1. The van der Waals surface area contributed by atoms with E-state index < -0.39 is 11.6 Å². The van der Waals surface area contributed by atoms with Crippen molar-refractivity contribution < 1.29 is 15.0 Å². The minimum Gasteiger partial charge on any atom is -0.508 e. The zero-order chi connectivity index (χ0) is 15.2. The molecule has 0 aromatic heterocycles. The number of carbonyl (C=O) groups excluding carboxylic acids is 1. The predicted molar refractivity (Wildman–Crippen MR) is 78.3 cm³/mol. The zero-order valence-corrected chi connectivity index (χ0v) is 12.1. The van der Waals surface area contributed by atoms with Crippen molar-refractivity contribution in [1.82, 2.24) is 5.32 Å². The highest BCUT2D eigenvalue weighted by Gasteiger charge is 2.24. The maximum Gasteiger partial charge on any atom is 0.237 e. The highest BCUT2D eigenvalue weighted by atomic mass is 16.3. The van der Waals surface area contributed by atoms with Gasteiger partial charge in [-0.15, -0.1) is 0 Å². The van der Waals surface area contributed by atoms with Gasteiger partial charge in [-0.3, -0.25) is 4.79 Å². The Morgan fingerprint density at radius 2 is 1.85 bits per heavy atom. The van der Waals surface area contributed by atoms with Crippen LogP contribution in [0.4, 0.5) is 0 Å². The second kappa shape index (κ2) is 7.26. The molecule has 0 bridgehead atoms. The number of phenolic OH excluding ortho intramolecular Hbond substituents is 1. The van der Waals surface area contributed by atoms with Gasteiger partial charge in [0.2, 0.25) is 5.91 Å². The van der Waals surface area contributed by atoms with E-state index in [1.54, 1.807) is 24.3 Å². The summed E-state index contributed by atoms with van der Waals surface area (Å²) >= 11 is 0. The number of aromatic hydroxyl groups is 1. The Morgan fingerprint density at radius 3 is 2.35 bits per heavy atom. The molecule has 1 aromatic rings. The first-order valence-corrected chi connectivity index (χ1v) is 6.93. The second-order valence-corrected chi connectivity index (χ2v) is 5.13. The molecule has 20 heavy (non-hydrogen) atoms. The van der Waals surface area contributed by atoms with Crippen molar-refractivity contribution in [2.45, 2.75) is 44.8 Å². The molecule has 0 aliphatic heterocycles. The summed E-state index contributed by atoms with van der Waals surface area (Å²) in [7, 11) is 0. The third kappa shape index (κ3) is 4.83. The monoisotopic (exact) mass is 280 g/mol. The lowest BCUT2D eigenvalue weighted by molar-refractivity contribution is -0.123. The molecule has 0 heterocycles. The summed E-state index contributed by atoms with van der Waals surface area (Å²) in [5.74, 6) is -0.0962. The van der Waals surface area contributed by atoms with Gasteiger partial charge in [0.05, 0.1) is 11.6 Å². The van der Waals surface area contributed by atoms with Crippen molar-refractivity contribution in [3.05, 3.63) is 29.8 Å². The molecule has 5 N–H and O–H groups in total. The number of amides is 1. The molecule has 1 atom stereocenters. The third-order valence-corrected chi connectivity index (χ3v) is 3.64. The number of nitrogens with one attached hydrogen (secondary N) is 1. The predicted octanol–water partition coefficient (Wildman–Crippen LogP) is 0.929. The maximum atomic E-state index is 11.9. The molecule has 1 unspecified atom stereocenters. The van der Waals surface area contributed by atoms with Gasteiger partial charge in [-0.25, -0.2) is 0 Å². The standard InChI is InChI=1S/C15H24N2O3/c1-3-15(20,4-2)10-17-14(19)13(16)9-11-5-7-12(18)8-6-11/h5-8,13,18,20H,3-4,9-10,16H2,1-2H3,(H,17,19). The highest BCUT2D eigenvalue weighted by Crippen LogP contribution is 2.13. The fourth-order valence-corrected chi connectivity index (χ4v) is 1.86. The van der Waals surface area contributed by atoms with Crippen LogP contribution in [0.2, 0.25) is 0 Å². The topological polar surface area (TPSA) is 95.6 Å². The number of rotatable bonds is 7. The smallest absolute Gasteiger partial charge is 0.237 e. The normalized spacial score (nSPS) is 13.0. The molecular formula is C15H24N2O3. The van der Waals surface area contributed by atoms with E-state index in [2.05, 4.69) is 5.32 Å². The summed E-state index contributed by atoms with van der Waals surface area (Å²) in [5.41, 5.74) is 5.86. The number of benzene rings is 1. The van der Waals surface area contributed by atoms with Gasteiger partial charge in [0, 0.05) is 6.54 Å². The molecular weight excluding hydrogens is 256 g/mol. The molecule has 5 nitrogen and oxygen atoms in total. The van der Waals surface area contributed by atoms with Crippen LogP contribution in [-0.2, 0) is 11.2 Å². The summed E-state index contributed by atoms with van der Waals surface area (Å²) < 4.78 is 0. The van der Waals surface area contributed by atoms with Crippen LogP contribution in [0.5, 0.6) is 5.75 Å². The Bertz CT molecular complexity index is 427. The van der Waals surface area contributed by atoms with Crippen molar-refractivity contribution >= 4 is 5.91 Å². The van der Waals surface area contributed by atoms with Crippen LogP contribution in [0.15, 0.2) is 24.3 Å². The van der Waals surface area contributed by atoms with Crippen LogP contribution in [0.25, 0.3) is 0 Å². The van der Waals surface area contributed by atoms with Crippen molar-refractivity contribution in [3.63, 3.8) is 0 Å². The lowest BCUT2D eigenvalue weighted by Gasteiger charge is -2.26. The Hall–Kier alpha value is -1.59. The number of hydrogen-bond acceptors (Lipinski definition) is 4. The lowest BCUT2D eigenvalue weighted by atomic mass is 9.97. The third-order valence-electron chi connectivity index (χ3n) is 3.64. The fourth-order valence-electron chi connectivity index (χ4n) is 1.86. The molecule has 0 fully saturated rings. The van der Waals surface area contributed by atoms with Crippen molar-refractivity contribution in [2.75, 3.05) is 6.54 Å². The minimum atomic E-state index is -0.867. The van der Waals surface area contributed by atoms with E-state index in [9.17, 15) is 15.0 Å². The average Bonchev–Trinajstić information content (AvgIpc) is 2.46. The summed E-state index contributed by atoms with van der Waals surface area (Å²) in [6.07, 6.45) is 1.55. The lowest BCUT2D eigenvalue weighted by Crippen LogP contribution is -2.48. The Labute approximate surface area is 119 Å². The number of nitrogens with two attached hydrogens (primary N) is 1. The molecule has 1 amide bonds. The molecule has 1 aromatic carbocycles. The van der Waals surface area contributed by atoms with Gasteiger partial charge >= 0.3 is 0 Å². The van der Waals surface area contributed by atoms with Gasteiger partial charge in [0.15, 0.2) is 0 Å². The maximum absolute atomic E-state index is 11.9. The van der Waals surface area contributed by atoms with E-state index in [0.29, 0.717) is 19.3 Å². The molecule has 0 aliphatic carbocycles. The fraction of sp³-hybridized carbons (Fsp3) is 0.533. The largest absolute Gasteiger partial charge is 0.508 e. The van der Waals surface area contributed by atoms with Gasteiger partial charge in [0.1, 0.15) is 5.75 Å². The van der Waals surface area contributed by atoms with Gasteiger partial charge in [0.25, 0.3) is 0 Å². The van der Waals surface area contributed by atoms with Gasteiger partial charge in [-0.2, -0.15) is 0 Å². The van der Waals surface area contributed by atoms with E-state index >= 15 is 0 Å². The molecule has 1 rings (SSSR count). The quantitative estimate of drug-likeness (QED) is 0.597. The van der Waals surface area contributed by atoms with Crippen molar-refractivity contribution in [1.29, 1.82) is 0 Å². The van der Waals surface area contributed by atoms with Crippen LogP contribution >= 0.6 is 0 Å². The molecule has 5 heteroatoms. The first-order chi connectivity index (χ1) is 9.40. The van der Waals surface area contributed by atoms with Crippen LogP contribution in [-0.4, -0.2) is 34.3 Å². The van der Waals surface area contributed by atoms with Crippen molar-refractivity contribution in [3.8, 4) is 5.75 Å². The van der Waals surface area contributed by atoms with Crippen LogP contribution in [0, 0.1) is 0 Å². The second-order valence-electron chi connectivity index (χ2n) is 5.13.